The van der Waals surface area contributed by atoms with Crippen molar-refractivity contribution >= 4 is 5.96 Å². The Hall–Kier alpha value is -2.71. The molecule has 0 saturated heterocycles. The number of guanidine groups is 1. The maximum absolute atomic E-state index is 13.0. The molecule has 0 radical (unpaired) electrons. The lowest BCUT2D eigenvalue weighted by Gasteiger charge is -2.15. The maximum atomic E-state index is 13.0. The Morgan fingerprint density at radius 3 is 2.64 bits per heavy atom. The zero-order chi connectivity index (χ0) is 20.6. The summed E-state index contributed by atoms with van der Waals surface area (Å²) in [5, 5.41) is 10.1. The molecule has 1 aromatic heterocycles. The average Bonchev–Trinajstić information content (AvgIpc) is 3.12. The van der Waals surface area contributed by atoms with Crippen LogP contribution < -0.4 is 15.4 Å². The summed E-state index contributed by atoms with van der Waals surface area (Å²) in [6, 6.07) is 6.99. The Morgan fingerprint density at radius 2 is 2.00 bits per heavy atom. The molecule has 0 atom stereocenters. The van der Waals surface area contributed by atoms with Gasteiger partial charge in [0.15, 0.2) is 11.7 Å². The number of benzene rings is 1. The minimum absolute atomic E-state index is 0.0529. The Balaban J connectivity index is 1.88. The van der Waals surface area contributed by atoms with Crippen LogP contribution in [0.25, 0.3) is 0 Å². The van der Waals surface area contributed by atoms with Crippen molar-refractivity contribution in [3.8, 4) is 5.75 Å². The second-order valence-electron chi connectivity index (χ2n) is 6.34. The lowest BCUT2D eigenvalue weighted by Crippen LogP contribution is -2.39. The van der Waals surface area contributed by atoms with Crippen molar-refractivity contribution in [3.05, 3.63) is 47.3 Å². The molecule has 0 aliphatic heterocycles. The van der Waals surface area contributed by atoms with Crippen LogP contribution in [0.2, 0.25) is 0 Å². The number of hydrogen-bond donors (Lipinski definition) is 2. The van der Waals surface area contributed by atoms with E-state index < -0.39 is 11.7 Å². The van der Waals surface area contributed by atoms with Gasteiger partial charge in [0.05, 0.1) is 17.8 Å². The van der Waals surface area contributed by atoms with E-state index in [0.29, 0.717) is 24.8 Å². The number of nitrogens with one attached hydrogen (secondary N) is 2. The highest BCUT2D eigenvalue weighted by Crippen LogP contribution is 2.35. The number of hydrogen-bond acceptors (Lipinski definition) is 4. The number of ether oxygens (including phenoxy) is 1. The highest BCUT2D eigenvalue weighted by Gasteiger charge is 2.33. The summed E-state index contributed by atoms with van der Waals surface area (Å²) >= 11 is 0. The standard InChI is InChI=1S/C19H25F3N4O2/c1-4-23-18(25-12-14-11-16(13(2)3)26-28-14)24-9-10-27-17-8-6-5-7-15(17)19(20,21)22/h5-8,11,13H,4,9-10,12H2,1-3H3,(H2,23,24,25). The Kier molecular flexibility index (Phi) is 7.71. The predicted octanol–water partition coefficient (Wildman–Crippen LogP) is 3.95. The Morgan fingerprint density at radius 1 is 1.25 bits per heavy atom. The number of aromatic nitrogens is 1. The van der Waals surface area contributed by atoms with E-state index in [1.54, 1.807) is 0 Å². The zero-order valence-corrected chi connectivity index (χ0v) is 16.1. The summed E-state index contributed by atoms with van der Waals surface area (Å²) in [5.74, 6) is 1.22. The number of aliphatic imine (C=N–C) groups is 1. The number of nitrogens with zero attached hydrogens (tertiary/aromatic N) is 2. The van der Waals surface area contributed by atoms with Crippen LogP contribution in [-0.4, -0.2) is 30.8 Å². The molecule has 6 nitrogen and oxygen atoms in total. The molecule has 0 amide bonds. The molecule has 154 valence electrons. The van der Waals surface area contributed by atoms with Crippen LogP contribution in [0, 0.1) is 0 Å². The van der Waals surface area contributed by atoms with Gasteiger partial charge in [-0.15, -0.1) is 0 Å². The zero-order valence-electron chi connectivity index (χ0n) is 16.1. The van der Waals surface area contributed by atoms with Crippen LogP contribution in [-0.2, 0) is 12.7 Å². The highest BCUT2D eigenvalue weighted by molar-refractivity contribution is 5.79. The van der Waals surface area contributed by atoms with Gasteiger partial charge >= 0.3 is 6.18 Å². The van der Waals surface area contributed by atoms with E-state index in [9.17, 15) is 13.2 Å². The van der Waals surface area contributed by atoms with Crippen LogP contribution in [0.3, 0.4) is 0 Å². The van der Waals surface area contributed by atoms with E-state index in [0.717, 1.165) is 11.8 Å². The lowest BCUT2D eigenvalue weighted by atomic mass is 10.1. The van der Waals surface area contributed by atoms with Crippen LogP contribution in [0.4, 0.5) is 13.2 Å². The summed E-state index contributed by atoms with van der Waals surface area (Å²) in [7, 11) is 0. The first-order valence-corrected chi connectivity index (χ1v) is 9.08. The Labute approximate surface area is 162 Å². The molecule has 0 fully saturated rings. The molecule has 9 heteroatoms. The molecule has 0 saturated carbocycles. The van der Waals surface area contributed by atoms with Crippen molar-refractivity contribution in [3.63, 3.8) is 0 Å². The molecular weight excluding hydrogens is 373 g/mol. The fourth-order valence-corrected chi connectivity index (χ4v) is 2.33. The predicted molar refractivity (Wildman–Crippen MR) is 100 cm³/mol. The van der Waals surface area contributed by atoms with Crippen molar-refractivity contribution in [2.24, 2.45) is 4.99 Å². The molecule has 2 N–H and O–H groups in total. The summed E-state index contributed by atoms with van der Waals surface area (Å²) in [6.07, 6.45) is -4.45. The first-order valence-electron chi connectivity index (χ1n) is 9.08. The lowest BCUT2D eigenvalue weighted by molar-refractivity contribution is -0.138. The van der Waals surface area contributed by atoms with Crippen molar-refractivity contribution in [2.75, 3.05) is 19.7 Å². The van der Waals surface area contributed by atoms with E-state index in [1.165, 1.54) is 18.2 Å². The van der Waals surface area contributed by atoms with Crippen molar-refractivity contribution in [1.82, 2.24) is 15.8 Å². The topological polar surface area (TPSA) is 71.7 Å². The molecule has 0 spiro atoms. The molecular formula is C19H25F3N4O2. The average molecular weight is 398 g/mol. The van der Waals surface area contributed by atoms with Gasteiger partial charge in [0.1, 0.15) is 18.9 Å². The van der Waals surface area contributed by atoms with E-state index in [-0.39, 0.29) is 24.8 Å². The normalized spacial score (nSPS) is 12.3. The summed E-state index contributed by atoms with van der Waals surface area (Å²) in [6.45, 7) is 7.23. The van der Waals surface area contributed by atoms with Crippen LogP contribution in [0.5, 0.6) is 5.75 Å². The molecule has 1 heterocycles. The second-order valence-corrected chi connectivity index (χ2v) is 6.34. The number of halogens is 3. The van der Waals surface area contributed by atoms with E-state index in [2.05, 4.69) is 20.8 Å². The molecule has 2 aromatic rings. The number of para-hydroxylation sites is 1. The first-order chi connectivity index (χ1) is 13.3. The summed E-state index contributed by atoms with van der Waals surface area (Å²) in [5.41, 5.74) is 0.0711. The molecule has 2 rings (SSSR count). The minimum atomic E-state index is -4.45. The fourth-order valence-electron chi connectivity index (χ4n) is 2.33. The van der Waals surface area contributed by atoms with Crippen LogP contribution >= 0.6 is 0 Å². The van der Waals surface area contributed by atoms with E-state index in [4.69, 9.17) is 9.26 Å². The molecule has 0 aliphatic rings. The smallest absolute Gasteiger partial charge is 0.419 e. The highest BCUT2D eigenvalue weighted by atomic mass is 19.4. The van der Waals surface area contributed by atoms with Gasteiger partial charge in [-0.3, -0.25) is 0 Å². The second kappa shape index (κ2) is 10.0. The quantitative estimate of drug-likeness (QED) is 0.400. The molecule has 0 aliphatic carbocycles. The van der Waals surface area contributed by atoms with Crippen LogP contribution in [0.15, 0.2) is 39.8 Å². The van der Waals surface area contributed by atoms with E-state index in [1.807, 2.05) is 26.8 Å². The third-order valence-electron chi connectivity index (χ3n) is 3.75. The van der Waals surface area contributed by atoms with Crippen molar-refractivity contribution < 1.29 is 22.4 Å². The largest absolute Gasteiger partial charge is 0.491 e. The van der Waals surface area contributed by atoms with Gasteiger partial charge in [0.25, 0.3) is 0 Å². The minimum Gasteiger partial charge on any atom is -0.491 e. The molecule has 1 aromatic carbocycles. The fraction of sp³-hybridized carbons (Fsp3) is 0.474. The van der Waals surface area contributed by atoms with Gasteiger partial charge in [0.2, 0.25) is 0 Å². The van der Waals surface area contributed by atoms with Gasteiger partial charge in [-0.1, -0.05) is 31.1 Å². The maximum Gasteiger partial charge on any atom is 0.419 e. The van der Waals surface area contributed by atoms with Crippen molar-refractivity contribution in [2.45, 2.75) is 39.4 Å². The molecule has 0 bridgehead atoms. The summed E-state index contributed by atoms with van der Waals surface area (Å²) < 4.78 is 49.4. The van der Waals surface area contributed by atoms with Crippen LogP contribution in [0.1, 0.15) is 43.7 Å². The molecule has 0 unspecified atom stereocenters. The first kappa shape index (κ1) is 21.6. The van der Waals surface area contributed by atoms with Gasteiger partial charge in [0, 0.05) is 12.6 Å². The Bertz CT molecular complexity index is 773. The monoisotopic (exact) mass is 398 g/mol. The van der Waals surface area contributed by atoms with Gasteiger partial charge in [-0.05, 0) is 25.0 Å². The molecule has 28 heavy (non-hydrogen) atoms. The SMILES string of the molecule is CCNC(=NCc1cc(C(C)C)no1)NCCOc1ccccc1C(F)(F)F. The third kappa shape index (κ3) is 6.47. The van der Waals surface area contributed by atoms with Gasteiger partial charge in [-0.25, -0.2) is 4.99 Å². The third-order valence-corrected chi connectivity index (χ3v) is 3.75. The number of rotatable bonds is 8. The van der Waals surface area contributed by atoms with Crippen molar-refractivity contribution in [1.29, 1.82) is 0 Å². The van der Waals surface area contributed by atoms with Gasteiger partial charge < -0.3 is 19.9 Å². The number of alkyl halides is 3. The summed E-state index contributed by atoms with van der Waals surface area (Å²) in [4.78, 5) is 4.38. The van der Waals surface area contributed by atoms with E-state index >= 15 is 0 Å². The van der Waals surface area contributed by atoms with Gasteiger partial charge in [-0.2, -0.15) is 13.2 Å².